The van der Waals surface area contributed by atoms with Crippen molar-refractivity contribution < 1.29 is 4.79 Å². The van der Waals surface area contributed by atoms with Gasteiger partial charge in [-0.3, -0.25) is 4.79 Å². The van der Waals surface area contributed by atoms with Crippen molar-refractivity contribution in [3.05, 3.63) is 21.9 Å². The van der Waals surface area contributed by atoms with E-state index < -0.39 is 0 Å². The smallest absolute Gasteiger partial charge is 0.264 e. The molecule has 0 aromatic carbocycles. The minimum Gasteiger partial charge on any atom is -0.338 e. The lowest BCUT2D eigenvalue weighted by atomic mass is 10.2. The van der Waals surface area contributed by atoms with Crippen LogP contribution in [0.15, 0.2) is 11.4 Å². The van der Waals surface area contributed by atoms with E-state index in [4.69, 9.17) is 11.6 Å². The lowest BCUT2D eigenvalue weighted by Crippen LogP contribution is -2.28. The van der Waals surface area contributed by atoms with Gasteiger partial charge in [-0.2, -0.15) is 0 Å². The predicted octanol–water partition coefficient (Wildman–Crippen LogP) is 3.01. The first kappa shape index (κ1) is 11.9. The quantitative estimate of drug-likeness (QED) is 0.763. The van der Waals surface area contributed by atoms with E-state index >= 15 is 0 Å². The van der Waals surface area contributed by atoms with Crippen molar-refractivity contribution in [3.63, 3.8) is 0 Å². The summed E-state index contributed by atoms with van der Waals surface area (Å²) in [6.07, 6.45) is 1.97. The van der Waals surface area contributed by atoms with Crippen molar-refractivity contribution in [3.8, 4) is 0 Å². The second-order valence-corrected chi connectivity index (χ2v) is 5.41. The Morgan fingerprint density at radius 1 is 1.69 bits per heavy atom. The van der Waals surface area contributed by atoms with Gasteiger partial charge in [0.15, 0.2) is 0 Å². The Hall–Kier alpha value is -0.540. The molecule has 0 aliphatic carbocycles. The molecule has 1 atom stereocenters. The summed E-state index contributed by atoms with van der Waals surface area (Å²) in [4.78, 5) is 15.1. The number of amides is 1. The third-order valence-electron chi connectivity index (χ3n) is 3.11. The normalized spacial score (nSPS) is 20.4. The minimum atomic E-state index is 0.194. The summed E-state index contributed by atoms with van der Waals surface area (Å²) < 4.78 is 0. The van der Waals surface area contributed by atoms with Gasteiger partial charge in [-0.15, -0.1) is 22.9 Å². The number of halogens is 1. The second kappa shape index (κ2) is 5.19. The number of hydrogen-bond donors (Lipinski definition) is 0. The molecule has 2 rings (SSSR count). The van der Waals surface area contributed by atoms with Gasteiger partial charge in [-0.1, -0.05) is 6.92 Å². The molecule has 1 aliphatic heterocycles. The number of carbonyl (C=O) groups excluding carboxylic acids is 1. The summed E-state index contributed by atoms with van der Waals surface area (Å²) in [5, 5.41) is 2.00. The largest absolute Gasteiger partial charge is 0.338 e. The molecular formula is C12H16ClNOS. The summed E-state index contributed by atoms with van der Waals surface area (Å²) in [6.45, 7) is 3.77. The molecule has 1 unspecified atom stereocenters. The van der Waals surface area contributed by atoms with Gasteiger partial charge in [0.25, 0.3) is 5.91 Å². The van der Waals surface area contributed by atoms with Crippen LogP contribution < -0.4 is 0 Å². The van der Waals surface area contributed by atoms with E-state index in [0.717, 1.165) is 30.8 Å². The van der Waals surface area contributed by atoms with E-state index in [-0.39, 0.29) is 5.91 Å². The summed E-state index contributed by atoms with van der Waals surface area (Å²) in [5.74, 6) is 1.34. The highest BCUT2D eigenvalue weighted by molar-refractivity contribution is 7.12. The van der Waals surface area contributed by atoms with Gasteiger partial charge in [0.2, 0.25) is 0 Å². The Morgan fingerprint density at radius 3 is 3.12 bits per heavy atom. The summed E-state index contributed by atoms with van der Waals surface area (Å²) in [6, 6.07) is 2.05. The van der Waals surface area contributed by atoms with E-state index in [0.29, 0.717) is 11.8 Å². The Morgan fingerprint density at radius 2 is 2.50 bits per heavy atom. The van der Waals surface area contributed by atoms with E-state index in [9.17, 15) is 4.79 Å². The first-order chi connectivity index (χ1) is 7.76. The van der Waals surface area contributed by atoms with Crippen molar-refractivity contribution in [2.24, 2.45) is 5.92 Å². The Labute approximate surface area is 105 Å². The predicted molar refractivity (Wildman–Crippen MR) is 68.4 cm³/mol. The highest BCUT2D eigenvalue weighted by Crippen LogP contribution is 2.24. The third kappa shape index (κ3) is 2.25. The van der Waals surface area contributed by atoms with Crippen molar-refractivity contribution in [2.75, 3.05) is 19.0 Å². The van der Waals surface area contributed by atoms with Crippen LogP contribution in [-0.4, -0.2) is 29.8 Å². The molecule has 0 spiro atoms. The van der Waals surface area contributed by atoms with Crippen molar-refractivity contribution >= 4 is 28.8 Å². The van der Waals surface area contributed by atoms with E-state index in [1.165, 1.54) is 5.56 Å². The molecule has 1 amide bonds. The SMILES string of the molecule is CCc1ccsc1C(=O)N1CCC(CCl)C1. The van der Waals surface area contributed by atoms with Crippen molar-refractivity contribution in [1.29, 1.82) is 0 Å². The molecule has 1 aliphatic rings. The van der Waals surface area contributed by atoms with E-state index in [2.05, 4.69) is 6.92 Å². The number of aryl methyl sites for hydroxylation is 1. The van der Waals surface area contributed by atoms with Gasteiger partial charge in [0, 0.05) is 19.0 Å². The average molecular weight is 258 g/mol. The highest BCUT2D eigenvalue weighted by Gasteiger charge is 2.27. The number of likely N-dealkylation sites (tertiary alicyclic amines) is 1. The van der Waals surface area contributed by atoms with Crippen LogP contribution in [0.3, 0.4) is 0 Å². The molecule has 0 saturated carbocycles. The molecule has 2 nitrogen and oxygen atoms in total. The van der Waals surface area contributed by atoms with Crippen molar-refractivity contribution in [1.82, 2.24) is 4.90 Å². The van der Waals surface area contributed by atoms with Gasteiger partial charge in [-0.05, 0) is 35.8 Å². The average Bonchev–Trinajstić information content (AvgIpc) is 2.96. The van der Waals surface area contributed by atoms with Crippen LogP contribution >= 0.6 is 22.9 Å². The van der Waals surface area contributed by atoms with Crippen molar-refractivity contribution in [2.45, 2.75) is 19.8 Å². The molecule has 88 valence electrons. The lowest BCUT2D eigenvalue weighted by molar-refractivity contribution is 0.0792. The number of carbonyl (C=O) groups is 1. The first-order valence-corrected chi connectivity index (χ1v) is 7.09. The standard InChI is InChI=1S/C12H16ClNOS/c1-2-10-4-6-16-11(10)12(15)14-5-3-9(7-13)8-14/h4,6,9H,2-3,5,7-8H2,1H3. The zero-order valence-electron chi connectivity index (χ0n) is 9.41. The number of thiophene rings is 1. The maximum absolute atomic E-state index is 12.2. The molecule has 1 fully saturated rings. The maximum Gasteiger partial charge on any atom is 0.264 e. The maximum atomic E-state index is 12.2. The minimum absolute atomic E-state index is 0.194. The van der Waals surface area contributed by atoms with Crippen LogP contribution in [0.1, 0.15) is 28.6 Å². The fourth-order valence-electron chi connectivity index (χ4n) is 2.09. The number of rotatable bonds is 3. The molecule has 0 N–H and O–H groups in total. The van der Waals surface area contributed by atoms with Crippen LogP contribution in [-0.2, 0) is 6.42 Å². The molecule has 1 saturated heterocycles. The zero-order valence-corrected chi connectivity index (χ0v) is 11.0. The topological polar surface area (TPSA) is 20.3 Å². The molecule has 16 heavy (non-hydrogen) atoms. The van der Waals surface area contributed by atoms with E-state index in [1.54, 1.807) is 11.3 Å². The fraction of sp³-hybridized carbons (Fsp3) is 0.583. The molecule has 0 radical (unpaired) electrons. The summed E-state index contributed by atoms with van der Waals surface area (Å²) in [5.41, 5.74) is 1.17. The Bertz CT molecular complexity index is 377. The lowest BCUT2D eigenvalue weighted by Gasteiger charge is -2.15. The van der Waals surface area contributed by atoms with Gasteiger partial charge >= 0.3 is 0 Å². The van der Waals surface area contributed by atoms with Crippen LogP contribution in [0, 0.1) is 5.92 Å². The molecule has 2 heterocycles. The van der Waals surface area contributed by atoms with Gasteiger partial charge in [-0.25, -0.2) is 0 Å². The molecule has 1 aromatic rings. The van der Waals surface area contributed by atoms with Gasteiger partial charge in [0.05, 0.1) is 4.88 Å². The van der Waals surface area contributed by atoms with Crippen LogP contribution in [0.25, 0.3) is 0 Å². The van der Waals surface area contributed by atoms with Gasteiger partial charge in [0.1, 0.15) is 0 Å². The third-order valence-corrected chi connectivity index (χ3v) is 4.49. The van der Waals surface area contributed by atoms with Crippen LogP contribution in [0.2, 0.25) is 0 Å². The van der Waals surface area contributed by atoms with E-state index in [1.807, 2.05) is 16.3 Å². The van der Waals surface area contributed by atoms with Crippen LogP contribution in [0.4, 0.5) is 0 Å². The molecular weight excluding hydrogens is 242 g/mol. The fourth-order valence-corrected chi connectivity index (χ4v) is 3.30. The summed E-state index contributed by atoms with van der Waals surface area (Å²) >= 11 is 7.38. The zero-order chi connectivity index (χ0) is 11.5. The first-order valence-electron chi connectivity index (χ1n) is 5.67. The van der Waals surface area contributed by atoms with Gasteiger partial charge < -0.3 is 4.90 Å². The monoisotopic (exact) mass is 257 g/mol. The van der Waals surface area contributed by atoms with Crippen LogP contribution in [0.5, 0.6) is 0 Å². The number of alkyl halides is 1. The summed E-state index contributed by atoms with van der Waals surface area (Å²) in [7, 11) is 0. The number of nitrogens with zero attached hydrogens (tertiary/aromatic N) is 1. The second-order valence-electron chi connectivity index (χ2n) is 4.19. The Balaban J connectivity index is 2.08. The molecule has 4 heteroatoms. The molecule has 0 bridgehead atoms. The molecule has 1 aromatic heterocycles. The number of hydrogen-bond acceptors (Lipinski definition) is 2. The highest BCUT2D eigenvalue weighted by atomic mass is 35.5. The Kier molecular flexibility index (Phi) is 3.87.